The number of ether oxygens (including phenoxy) is 1. The van der Waals surface area contributed by atoms with Crippen LogP contribution in [0.1, 0.15) is 56.1 Å². The van der Waals surface area contributed by atoms with Crippen LogP contribution in [0.15, 0.2) is 54.6 Å². The lowest BCUT2D eigenvalue weighted by molar-refractivity contribution is 0.0697. The maximum absolute atomic E-state index is 14.6. The topological polar surface area (TPSA) is 66.8 Å². The highest BCUT2D eigenvalue weighted by molar-refractivity contribution is 5.87. The Balaban J connectivity index is 1.57. The molecular formula is C27H27FO4. The van der Waals surface area contributed by atoms with Crippen LogP contribution in [0, 0.1) is 5.82 Å². The van der Waals surface area contributed by atoms with Crippen molar-refractivity contribution in [3.63, 3.8) is 0 Å². The molecule has 0 heterocycles. The number of carbonyl (C=O) groups is 1. The number of aliphatic hydroxyl groups excluding tert-OH is 1. The van der Waals surface area contributed by atoms with Gasteiger partial charge in [0, 0.05) is 0 Å². The van der Waals surface area contributed by atoms with E-state index in [4.69, 9.17) is 9.84 Å². The predicted octanol–water partition coefficient (Wildman–Crippen LogP) is 5.08. The normalized spacial score (nSPS) is 14.9. The lowest BCUT2D eigenvalue weighted by Crippen LogP contribution is -2.06. The molecule has 0 fully saturated rings. The number of benzene rings is 3. The van der Waals surface area contributed by atoms with E-state index in [0.29, 0.717) is 5.75 Å². The number of fused-ring (bicyclic) bond motifs is 1. The highest BCUT2D eigenvalue weighted by atomic mass is 19.1. The standard InChI is InChI=1S/C27H27FO4/c1-32-23-14-18(12-19(15-23)16-29)13-22-8-10-24-25(28)11-9-20(26(22)24)5-2-17-3-6-21(7-4-17)27(30)31/h3-4,6-7,9,11-12,14-15,22,29H,2,5,8,10,13,16H2,1H3,(H,30,31). The highest BCUT2D eigenvalue weighted by Gasteiger charge is 2.28. The van der Waals surface area contributed by atoms with Crippen LogP contribution >= 0.6 is 0 Å². The fraction of sp³-hybridized carbons (Fsp3) is 0.296. The highest BCUT2D eigenvalue weighted by Crippen LogP contribution is 2.40. The maximum atomic E-state index is 14.6. The molecule has 1 aliphatic rings. The Kier molecular flexibility index (Phi) is 6.56. The molecule has 1 atom stereocenters. The first kappa shape index (κ1) is 22.0. The van der Waals surface area contributed by atoms with Crippen molar-refractivity contribution in [3.05, 3.63) is 99.4 Å². The molecule has 3 aromatic carbocycles. The summed E-state index contributed by atoms with van der Waals surface area (Å²) < 4.78 is 20.0. The predicted molar refractivity (Wildman–Crippen MR) is 121 cm³/mol. The van der Waals surface area contributed by atoms with E-state index in [1.807, 2.05) is 36.4 Å². The molecule has 1 unspecified atom stereocenters. The van der Waals surface area contributed by atoms with Crippen LogP contribution in [-0.4, -0.2) is 23.3 Å². The average Bonchev–Trinajstić information content (AvgIpc) is 3.23. The molecule has 0 spiro atoms. The van der Waals surface area contributed by atoms with Crippen molar-refractivity contribution < 1.29 is 24.1 Å². The third kappa shape index (κ3) is 4.68. The van der Waals surface area contributed by atoms with Crippen LogP contribution < -0.4 is 4.74 Å². The van der Waals surface area contributed by atoms with Gasteiger partial charge in [0.1, 0.15) is 11.6 Å². The van der Waals surface area contributed by atoms with Gasteiger partial charge in [-0.1, -0.05) is 24.3 Å². The Morgan fingerprint density at radius 3 is 2.47 bits per heavy atom. The number of methoxy groups -OCH3 is 1. The van der Waals surface area contributed by atoms with Crippen LogP contribution in [0.5, 0.6) is 5.75 Å². The second-order valence-corrected chi connectivity index (χ2v) is 8.39. The van der Waals surface area contributed by atoms with Gasteiger partial charge in [0.25, 0.3) is 0 Å². The quantitative estimate of drug-likeness (QED) is 0.519. The largest absolute Gasteiger partial charge is 0.497 e. The van der Waals surface area contributed by atoms with Crippen molar-refractivity contribution in [3.8, 4) is 5.75 Å². The molecule has 3 aromatic rings. The summed E-state index contributed by atoms with van der Waals surface area (Å²) in [5.74, 6) is -0.144. The number of hydrogen-bond donors (Lipinski definition) is 2. The maximum Gasteiger partial charge on any atom is 0.335 e. The minimum Gasteiger partial charge on any atom is -0.497 e. The number of aliphatic hydroxyl groups is 1. The Bertz CT molecular complexity index is 1100. The van der Waals surface area contributed by atoms with Gasteiger partial charge in [-0.2, -0.15) is 0 Å². The number of rotatable bonds is 8. The van der Waals surface area contributed by atoms with Gasteiger partial charge in [-0.15, -0.1) is 0 Å². The van der Waals surface area contributed by atoms with Gasteiger partial charge in [-0.3, -0.25) is 0 Å². The molecular weight excluding hydrogens is 407 g/mol. The zero-order chi connectivity index (χ0) is 22.7. The van der Waals surface area contributed by atoms with Crippen molar-refractivity contribution in [1.82, 2.24) is 0 Å². The number of halogens is 1. The lowest BCUT2D eigenvalue weighted by atomic mass is 9.87. The molecule has 0 aromatic heterocycles. The van der Waals surface area contributed by atoms with Gasteiger partial charge in [0.15, 0.2) is 0 Å². The van der Waals surface area contributed by atoms with Gasteiger partial charge >= 0.3 is 5.97 Å². The van der Waals surface area contributed by atoms with E-state index in [1.165, 1.54) is 0 Å². The minimum atomic E-state index is -0.933. The fourth-order valence-electron chi connectivity index (χ4n) is 4.77. The van der Waals surface area contributed by atoms with Crippen LogP contribution in [0.3, 0.4) is 0 Å². The van der Waals surface area contributed by atoms with Gasteiger partial charge in [-0.05, 0) is 102 Å². The molecule has 0 bridgehead atoms. The first-order valence-corrected chi connectivity index (χ1v) is 10.9. The van der Waals surface area contributed by atoms with E-state index in [2.05, 4.69) is 0 Å². The lowest BCUT2D eigenvalue weighted by Gasteiger charge is -2.18. The summed E-state index contributed by atoms with van der Waals surface area (Å²) in [5.41, 5.74) is 6.30. The van der Waals surface area contributed by atoms with Gasteiger partial charge in [0.2, 0.25) is 0 Å². The van der Waals surface area contributed by atoms with Gasteiger partial charge in [-0.25, -0.2) is 9.18 Å². The number of carboxylic acids is 1. The summed E-state index contributed by atoms with van der Waals surface area (Å²) in [5, 5.41) is 18.6. The third-order valence-electron chi connectivity index (χ3n) is 6.35. The van der Waals surface area contributed by atoms with Crippen LogP contribution in [0.4, 0.5) is 4.39 Å². The zero-order valence-electron chi connectivity index (χ0n) is 18.1. The summed E-state index contributed by atoms with van der Waals surface area (Å²) in [4.78, 5) is 11.1. The summed E-state index contributed by atoms with van der Waals surface area (Å²) in [6, 6.07) is 16.2. The molecule has 2 N–H and O–H groups in total. The molecule has 0 amide bonds. The van der Waals surface area contributed by atoms with Crippen LogP contribution in [0.25, 0.3) is 0 Å². The molecule has 5 heteroatoms. The average molecular weight is 435 g/mol. The van der Waals surface area contributed by atoms with Crippen molar-refractivity contribution in [2.45, 2.75) is 44.6 Å². The molecule has 32 heavy (non-hydrogen) atoms. The van der Waals surface area contributed by atoms with E-state index < -0.39 is 5.97 Å². The van der Waals surface area contributed by atoms with Crippen molar-refractivity contribution in [2.24, 2.45) is 0 Å². The van der Waals surface area contributed by atoms with Crippen molar-refractivity contribution >= 4 is 5.97 Å². The molecule has 4 nitrogen and oxygen atoms in total. The zero-order valence-corrected chi connectivity index (χ0v) is 18.1. The summed E-state index contributed by atoms with van der Waals surface area (Å²) in [7, 11) is 1.61. The van der Waals surface area contributed by atoms with E-state index in [9.17, 15) is 14.3 Å². The summed E-state index contributed by atoms with van der Waals surface area (Å²) in [6.45, 7) is -0.0496. The second kappa shape index (κ2) is 9.53. The first-order chi connectivity index (χ1) is 15.5. The molecule has 0 radical (unpaired) electrons. The Hall–Kier alpha value is -3.18. The second-order valence-electron chi connectivity index (χ2n) is 8.39. The van der Waals surface area contributed by atoms with Gasteiger partial charge in [0.05, 0.1) is 19.3 Å². The third-order valence-corrected chi connectivity index (χ3v) is 6.35. The first-order valence-electron chi connectivity index (χ1n) is 10.9. The number of aromatic carboxylic acids is 1. The Morgan fingerprint density at radius 2 is 1.78 bits per heavy atom. The molecule has 166 valence electrons. The number of hydrogen-bond acceptors (Lipinski definition) is 3. The summed E-state index contributed by atoms with van der Waals surface area (Å²) >= 11 is 0. The van der Waals surface area contributed by atoms with Crippen molar-refractivity contribution in [1.29, 1.82) is 0 Å². The van der Waals surface area contributed by atoms with Crippen LogP contribution in [0.2, 0.25) is 0 Å². The van der Waals surface area contributed by atoms with E-state index in [-0.39, 0.29) is 23.9 Å². The molecule has 0 saturated heterocycles. The SMILES string of the molecule is COc1cc(CO)cc(CC2CCc3c(F)ccc(CCc4ccc(C(=O)O)cc4)c32)c1. The van der Waals surface area contributed by atoms with Gasteiger partial charge < -0.3 is 14.9 Å². The monoisotopic (exact) mass is 434 g/mol. The van der Waals surface area contributed by atoms with E-state index >= 15 is 0 Å². The molecule has 0 saturated carbocycles. The molecule has 4 rings (SSSR count). The smallest absolute Gasteiger partial charge is 0.335 e. The number of aryl methyl sites for hydroxylation is 2. The van der Waals surface area contributed by atoms with E-state index in [0.717, 1.165) is 65.5 Å². The number of carboxylic acid groups (broad SMARTS) is 1. The Labute approximate surface area is 187 Å². The van der Waals surface area contributed by atoms with E-state index in [1.54, 1.807) is 25.3 Å². The fourth-order valence-corrected chi connectivity index (χ4v) is 4.77. The molecule has 0 aliphatic heterocycles. The minimum absolute atomic E-state index is 0.0496. The summed E-state index contributed by atoms with van der Waals surface area (Å²) in [6.07, 6.45) is 3.91. The van der Waals surface area contributed by atoms with Crippen molar-refractivity contribution in [2.75, 3.05) is 7.11 Å². The van der Waals surface area contributed by atoms with Crippen LogP contribution in [-0.2, 0) is 32.3 Å². The molecule has 1 aliphatic carbocycles. The Morgan fingerprint density at radius 1 is 1.03 bits per heavy atom.